The molecule has 1 heterocycles. The van der Waals surface area contributed by atoms with Gasteiger partial charge in [-0.15, -0.1) is 0 Å². The number of aromatic amines is 1. The molecule has 1 aromatic heterocycles. The second kappa shape index (κ2) is 6.57. The fraction of sp³-hybridized carbons (Fsp3) is 0.471. The van der Waals surface area contributed by atoms with Crippen LogP contribution in [0.3, 0.4) is 0 Å². The lowest BCUT2D eigenvalue weighted by Gasteiger charge is -2.47. The SMILES string of the molecule is COC1(C(NCc2ccn[nH]2)c2cccc(C(F)(F)F)c2)CCC1. The zero-order valence-electron chi connectivity index (χ0n) is 13.4. The zero-order valence-corrected chi connectivity index (χ0v) is 13.4. The van der Waals surface area contributed by atoms with E-state index in [0.29, 0.717) is 12.1 Å². The van der Waals surface area contributed by atoms with Crippen LogP contribution in [0.4, 0.5) is 13.2 Å². The molecule has 4 nitrogen and oxygen atoms in total. The summed E-state index contributed by atoms with van der Waals surface area (Å²) >= 11 is 0. The summed E-state index contributed by atoms with van der Waals surface area (Å²) in [4.78, 5) is 0. The molecule has 0 bridgehead atoms. The molecule has 1 unspecified atom stereocenters. The molecule has 1 aliphatic rings. The van der Waals surface area contributed by atoms with Crippen molar-refractivity contribution in [1.82, 2.24) is 15.5 Å². The quantitative estimate of drug-likeness (QED) is 0.841. The third kappa shape index (κ3) is 3.32. The Morgan fingerprint density at radius 3 is 2.67 bits per heavy atom. The van der Waals surface area contributed by atoms with E-state index < -0.39 is 17.3 Å². The van der Waals surface area contributed by atoms with Gasteiger partial charge in [-0.25, -0.2) is 0 Å². The summed E-state index contributed by atoms with van der Waals surface area (Å²) < 4.78 is 44.9. The molecule has 3 rings (SSSR count). The van der Waals surface area contributed by atoms with Crippen LogP contribution >= 0.6 is 0 Å². The second-order valence-electron chi connectivity index (χ2n) is 6.14. The molecule has 0 spiro atoms. The minimum Gasteiger partial charge on any atom is -0.376 e. The van der Waals surface area contributed by atoms with Gasteiger partial charge in [0.25, 0.3) is 0 Å². The highest BCUT2D eigenvalue weighted by Gasteiger charge is 2.45. The van der Waals surface area contributed by atoms with Gasteiger partial charge in [0.15, 0.2) is 0 Å². The molecular formula is C17H20F3N3O. The fourth-order valence-corrected chi connectivity index (χ4v) is 3.23. The third-order valence-electron chi connectivity index (χ3n) is 4.73. The van der Waals surface area contributed by atoms with Crippen LogP contribution in [0.5, 0.6) is 0 Å². The first kappa shape index (κ1) is 17.0. The topological polar surface area (TPSA) is 49.9 Å². The van der Waals surface area contributed by atoms with Gasteiger partial charge in [-0.05, 0) is 43.0 Å². The number of ether oxygens (including phenoxy) is 1. The van der Waals surface area contributed by atoms with E-state index in [2.05, 4.69) is 15.5 Å². The highest BCUT2D eigenvalue weighted by Crippen LogP contribution is 2.45. The molecule has 1 aromatic carbocycles. The van der Waals surface area contributed by atoms with E-state index in [4.69, 9.17) is 4.74 Å². The van der Waals surface area contributed by atoms with Gasteiger partial charge in [-0.2, -0.15) is 18.3 Å². The van der Waals surface area contributed by atoms with Gasteiger partial charge < -0.3 is 10.1 Å². The number of hydrogen-bond acceptors (Lipinski definition) is 3. The van der Waals surface area contributed by atoms with Crippen LogP contribution in [0.2, 0.25) is 0 Å². The van der Waals surface area contributed by atoms with E-state index in [1.807, 2.05) is 6.07 Å². The summed E-state index contributed by atoms with van der Waals surface area (Å²) in [6, 6.07) is 6.99. The average molecular weight is 339 g/mol. The van der Waals surface area contributed by atoms with Crippen LogP contribution in [-0.4, -0.2) is 22.9 Å². The molecule has 2 aromatic rings. The van der Waals surface area contributed by atoms with Gasteiger partial charge >= 0.3 is 6.18 Å². The summed E-state index contributed by atoms with van der Waals surface area (Å²) in [5.41, 5.74) is 0.354. The van der Waals surface area contributed by atoms with Crippen LogP contribution in [0.25, 0.3) is 0 Å². The normalized spacial score (nSPS) is 18.2. The predicted octanol–water partition coefficient (Wildman–Crippen LogP) is 3.83. The van der Waals surface area contributed by atoms with Crippen molar-refractivity contribution in [2.24, 2.45) is 0 Å². The van der Waals surface area contributed by atoms with Crippen LogP contribution < -0.4 is 5.32 Å². The lowest BCUT2D eigenvalue weighted by molar-refractivity contribution is -0.137. The lowest BCUT2D eigenvalue weighted by Crippen LogP contribution is -2.50. The number of aromatic nitrogens is 2. The number of benzene rings is 1. The second-order valence-corrected chi connectivity index (χ2v) is 6.14. The summed E-state index contributed by atoms with van der Waals surface area (Å²) in [6.07, 6.45) is -0.0642. The molecule has 0 amide bonds. The average Bonchev–Trinajstić information content (AvgIpc) is 3.02. The molecule has 24 heavy (non-hydrogen) atoms. The molecule has 1 fully saturated rings. The van der Waals surface area contributed by atoms with Crippen molar-refractivity contribution < 1.29 is 17.9 Å². The van der Waals surface area contributed by atoms with Crippen molar-refractivity contribution >= 4 is 0 Å². The Morgan fingerprint density at radius 2 is 2.12 bits per heavy atom. The number of methoxy groups -OCH3 is 1. The number of hydrogen-bond donors (Lipinski definition) is 2. The van der Waals surface area contributed by atoms with Crippen molar-refractivity contribution in [3.8, 4) is 0 Å². The van der Waals surface area contributed by atoms with Gasteiger partial charge in [0.2, 0.25) is 0 Å². The Bertz CT molecular complexity index is 660. The Balaban J connectivity index is 1.89. The molecule has 2 N–H and O–H groups in total. The molecule has 7 heteroatoms. The number of nitrogens with one attached hydrogen (secondary N) is 2. The van der Waals surface area contributed by atoms with Crippen molar-refractivity contribution in [2.75, 3.05) is 7.11 Å². The van der Waals surface area contributed by atoms with Crippen LogP contribution in [0, 0.1) is 0 Å². The largest absolute Gasteiger partial charge is 0.416 e. The molecule has 1 saturated carbocycles. The molecule has 0 saturated heterocycles. The van der Waals surface area contributed by atoms with Crippen molar-refractivity contribution in [1.29, 1.82) is 0 Å². The van der Waals surface area contributed by atoms with E-state index in [1.54, 1.807) is 19.4 Å². The van der Waals surface area contributed by atoms with Crippen molar-refractivity contribution in [2.45, 2.75) is 43.6 Å². The maximum atomic E-state index is 13.0. The molecule has 1 atom stereocenters. The third-order valence-corrected chi connectivity index (χ3v) is 4.73. The molecule has 130 valence electrons. The highest BCUT2D eigenvalue weighted by molar-refractivity contribution is 5.31. The Kier molecular flexibility index (Phi) is 4.64. The molecule has 0 radical (unpaired) electrons. The minimum atomic E-state index is -4.36. The minimum absolute atomic E-state index is 0.318. The number of nitrogens with zero attached hydrogens (tertiary/aromatic N) is 1. The summed E-state index contributed by atoms with van der Waals surface area (Å²) in [6.45, 7) is 0.478. The first-order chi connectivity index (χ1) is 11.4. The fourth-order valence-electron chi connectivity index (χ4n) is 3.23. The monoisotopic (exact) mass is 339 g/mol. The number of alkyl halides is 3. The van der Waals surface area contributed by atoms with Crippen LogP contribution in [0.15, 0.2) is 36.5 Å². The number of halogens is 3. The Morgan fingerprint density at radius 1 is 1.33 bits per heavy atom. The van der Waals surface area contributed by atoms with Gasteiger partial charge in [0, 0.05) is 25.5 Å². The van der Waals surface area contributed by atoms with E-state index in [9.17, 15) is 13.2 Å². The summed E-state index contributed by atoms with van der Waals surface area (Å²) in [7, 11) is 1.62. The lowest BCUT2D eigenvalue weighted by atomic mass is 9.72. The van der Waals surface area contributed by atoms with E-state index in [1.165, 1.54) is 12.1 Å². The summed E-state index contributed by atoms with van der Waals surface area (Å²) in [5.74, 6) is 0. The predicted molar refractivity (Wildman–Crippen MR) is 83.2 cm³/mol. The van der Waals surface area contributed by atoms with Crippen molar-refractivity contribution in [3.63, 3.8) is 0 Å². The Hall–Kier alpha value is -1.86. The highest BCUT2D eigenvalue weighted by atomic mass is 19.4. The molecule has 1 aliphatic carbocycles. The van der Waals surface area contributed by atoms with Crippen LogP contribution in [-0.2, 0) is 17.5 Å². The number of H-pyrrole nitrogens is 1. The maximum absolute atomic E-state index is 13.0. The van der Waals surface area contributed by atoms with Crippen molar-refractivity contribution in [3.05, 3.63) is 53.3 Å². The molecular weight excluding hydrogens is 319 g/mol. The van der Waals surface area contributed by atoms with E-state index >= 15 is 0 Å². The van der Waals surface area contributed by atoms with Gasteiger partial charge in [-0.1, -0.05) is 12.1 Å². The van der Waals surface area contributed by atoms with E-state index in [-0.39, 0.29) is 6.04 Å². The first-order valence-corrected chi connectivity index (χ1v) is 7.88. The maximum Gasteiger partial charge on any atom is 0.416 e. The molecule has 0 aliphatic heterocycles. The first-order valence-electron chi connectivity index (χ1n) is 7.88. The standard InChI is InChI=1S/C17H20F3N3O/c1-24-16(7-3-8-16)15(21-11-14-6-9-22-23-14)12-4-2-5-13(10-12)17(18,19)20/h2,4-6,9-10,15,21H,3,7-8,11H2,1H3,(H,22,23). The van der Waals surface area contributed by atoms with Gasteiger partial charge in [-0.3, -0.25) is 5.10 Å². The van der Waals surface area contributed by atoms with Gasteiger partial charge in [0.05, 0.1) is 17.2 Å². The summed E-state index contributed by atoms with van der Waals surface area (Å²) in [5, 5.41) is 10.1. The van der Waals surface area contributed by atoms with E-state index in [0.717, 1.165) is 31.0 Å². The zero-order chi connectivity index (χ0) is 17.2. The Labute approximate surface area is 138 Å². The number of rotatable bonds is 6. The van der Waals surface area contributed by atoms with Gasteiger partial charge in [0.1, 0.15) is 0 Å². The van der Waals surface area contributed by atoms with Crippen LogP contribution in [0.1, 0.15) is 42.1 Å². The smallest absolute Gasteiger partial charge is 0.376 e.